The molecule has 2 aromatic carbocycles. The van der Waals surface area contributed by atoms with Crippen LogP contribution in [-0.4, -0.2) is 39.5 Å². The summed E-state index contributed by atoms with van der Waals surface area (Å²) >= 11 is 6.51. The maximum absolute atomic E-state index is 13.4. The molecule has 4 rings (SSSR count). The normalized spacial score (nSPS) is 18.3. The highest BCUT2D eigenvalue weighted by molar-refractivity contribution is 8.26. The fourth-order valence-corrected chi connectivity index (χ4v) is 5.29. The van der Waals surface area contributed by atoms with Crippen molar-refractivity contribution in [3.63, 3.8) is 0 Å². The van der Waals surface area contributed by atoms with Crippen LogP contribution >= 0.6 is 24.0 Å². The number of nitrogens with one attached hydrogen (secondary N) is 1. The molecule has 1 N–H and O–H groups in total. The third-order valence-electron chi connectivity index (χ3n) is 5.07. The highest BCUT2D eigenvalue weighted by Crippen LogP contribution is 2.44. The second-order valence-corrected chi connectivity index (χ2v) is 9.31. The number of thioether (sulfide) groups is 1. The summed E-state index contributed by atoms with van der Waals surface area (Å²) in [6, 6.07) is 14.5. The predicted molar refractivity (Wildman–Crippen MR) is 128 cm³/mol. The monoisotopic (exact) mass is 451 g/mol. The van der Waals surface area contributed by atoms with Crippen LogP contribution in [-0.2, 0) is 14.4 Å². The van der Waals surface area contributed by atoms with E-state index >= 15 is 0 Å². The van der Waals surface area contributed by atoms with Gasteiger partial charge >= 0.3 is 0 Å². The Hall–Kier alpha value is -2.97. The van der Waals surface area contributed by atoms with Crippen LogP contribution in [0, 0.1) is 6.92 Å². The van der Waals surface area contributed by atoms with E-state index in [4.69, 9.17) is 12.2 Å². The molecule has 31 heavy (non-hydrogen) atoms. The number of thiocarbonyl (C=S) groups is 1. The number of hydrogen-bond acceptors (Lipinski definition) is 5. The Morgan fingerprint density at radius 2 is 1.84 bits per heavy atom. The van der Waals surface area contributed by atoms with Crippen molar-refractivity contribution in [2.75, 3.05) is 16.8 Å². The van der Waals surface area contributed by atoms with Crippen molar-refractivity contribution < 1.29 is 14.4 Å². The number of hydrogen-bond donors (Lipinski definition) is 1. The van der Waals surface area contributed by atoms with Gasteiger partial charge in [0.05, 0.1) is 16.2 Å². The molecule has 2 aromatic rings. The van der Waals surface area contributed by atoms with Crippen molar-refractivity contribution >= 4 is 63.0 Å². The number of aryl methyl sites for hydroxylation is 1. The second-order valence-electron chi connectivity index (χ2n) is 7.67. The number of nitrogens with zero attached hydrogens (tertiary/aromatic N) is 2. The largest absolute Gasteiger partial charge is 0.325 e. The molecule has 2 aliphatic rings. The maximum atomic E-state index is 13.4. The molecular weight excluding hydrogens is 430 g/mol. The summed E-state index contributed by atoms with van der Waals surface area (Å²) in [4.78, 5) is 42.3. The Morgan fingerprint density at radius 1 is 1.10 bits per heavy atom. The highest BCUT2D eigenvalue weighted by atomic mass is 32.2. The molecule has 8 heteroatoms. The molecule has 0 spiro atoms. The minimum Gasteiger partial charge on any atom is -0.325 e. The molecule has 2 aliphatic heterocycles. The number of carbonyl (C=O) groups excluding carboxylic acids is 3. The maximum Gasteiger partial charge on any atom is 0.267 e. The van der Waals surface area contributed by atoms with E-state index in [0.29, 0.717) is 31.7 Å². The van der Waals surface area contributed by atoms with Crippen LogP contribution in [0.2, 0.25) is 0 Å². The Labute approximate surface area is 190 Å². The summed E-state index contributed by atoms with van der Waals surface area (Å²) in [6.07, 6.45) is 0. The molecule has 1 saturated heterocycles. The second kappa shape index (κ2) is 8.28. The average Bonchev–Trinajstić information content (AvgIpc) is 3.14. The molecule has 0 radical (unpaired) electrons. The van der Waals surface area contributed by atoms with Crippen molar-refractivity contribution in [3.8, 4) is 0 Å². The Morgan fingerprint density at radius 3 is 2.52 bits per heavy atom. The van der Waals surface area contributed by atoms with E-state index in [9.17, 15) is 14.4 Å². The minimum atomic E-state index is -0.371. The Bertz CT molecular complexity index is 1160. The van der Waals surface area contributed by atoms with Gasteiger partial charge in [0.25, 0.3) is 11.8 Å². The Kier molecular flexibility index (Phi) is 5.68. The topological polar surface area (TPSA) is 69.7 Å². The van der Waals surface area contributed by atoms with Gasteiger partial charge in [0.15, 0.2) is 0 Å². The molecule has 0 bridgehead atoms. The quantitative estimate of drug-likeness (QED) is 0.563. The molecule has 2 heterocycles. The molecule has 0 unspecified atom stereocenters. The molecule has 0 atom stereocenters. The molecule has 158 valence electrons. The summed E-state index contributed by atoms with van der Waals surface area (Å²) in [5.41, 5.74) is 3.24. The minimum absolute atomic E-state index is 0.103. The van der Waals surface area contributed by atoms with Crippen LogP contribution in [0.3, 0.4) is 0 Å². The standard InChI is InChI=1S/C23H21N3O3S2/c1-13(2)26-22(29)20(31-23(26)30)19-16-9-4-5-10-17(16)25(21(19)28)12-18(27)24-15-8-6-7-14(3)11-15/h4-11,13H,12H2,1-3H3,(H,24,27). The first kappa shape index (κ1) is 21.3. The zero-order valence-electron chi connectivity index (χ0n) is 17.3. The van der Waals surface area contributed by atoms with E-state index in [-0.39, 0.29) is 30.3 Å². The summed E-state index contributed by atoms with van der Waals surface area (Å²) in [7, 11) is 0. The number of anilines is 2. The van der Waals surface area contributed by atoms with Crippen molar-refractivity contribution in [2.45, 2.75) is 26.8 Å². The summed E-state index contributed by atoms with van der Waals surface area (Å²) in [5, 5.41) is 2.83. The van der Waals surface area contributed by atoms with Crippen LogP contribution in [0.25, 0.3) is 5.57 Å². The lowest BCUT2D eigenvalue weighted by molar-refractivity contribution is -0.123. The predicted octanol–water partition coefficient (Wildman–Crippen LogP) is 3.96. The fraction of sp³-hybridized carbons (Fsp3) is 0.217. The van der Waals surface area contributed by atoms with Crippen LogP contribution < -0.4 is 10.2 Å². The van der Waals surface area contributed by atoms with Crippen molar-refractivity contribution in [1.82, 2.24) is 4.90 Å². The molecular formula is C23H21N3O3S2. The number of amides is 3. The van der Waals surface area contributed by atoms with Crippen LogP contribution in [0.1, 0.15) is 25.0 Å². The number of rotatable bonds is 4. The average molecular weight is 452 g/mol. The van der Waals surface area contributed by atoms with Gasteiger partial charge in [0.1, 0.15) is 10.9 Å². The Balaban J connectivity index is 1.66. The lowest BCUT2D eigenvalue weighted by atomic mass is 10.1. The first-order valence-corrected chi connectivity index (χ1v) is 11.1. The lowest BCUT2D eigenvalue weighted by Crippen LogP contribution is -2.36. The van der Waals surface area contributed by atoms with Crippen molar-refractivity contribution in [3.05, 3.63) is 64.6 Å². The fourth-order valence-electron chi connectivity index (χ4n) is 3.70. The zero-order chi connectivity index (χ0) is 22.3. The van der Waals surface area contributed by atoms with Crippen molar-refractivity contribution in [1.29, 1.82) is 0 Å². The summed E-state index contributed by atoms with van der Waals surface area (Å²) < 4.78 is 0.434. The number of carbonyl (C=O) groups is 3. The smallest absolute Gasteiger partial charge is 0.267 e. The molecule has 0 aromatic heterocycles. The first-order chi connectivity index (χ1) is 14.8. The molecule has 1 fully saturated rings. The van der Waals surface area contributed by atoms with E-state index in [0.717, 1.165) is 17.3 Å². The number of fused-ring (bicyclic) bond motifs is 1. The van der Waals surface area contributed by atoms with E-state index < -0.39 is 0 Å². The van der Waals surface area contributed by atoms with Gasteiger partial charge in [0.2, 0.25) is 5.91 Å². The van der Waals surface area contributed by atoms with Gasteiger partial charge in [-0.3, -0.25) is 24.2 Å². The van der Waals surface area contributed by atoms with Gasteiger partial charge in [-0.25, -0.2) is 0 Å². The lowest BCUT2D eigenvalue weighted by Gasteiger charge is -2.18. The summed E-state index contributed by atoms with van der Waals surface area (Å²) in [6.45, 7) is 5.54. The van der Waals surface area contributed by atoms with E-state index in [2.05, 4.69) is 5.32 Å². The van der Waals surface area contributed by atoms with Gasteiger partial charge in [-0.05, 0) is 44.5 Å². The number of benzene rings is 2. The van der Waals surface area contributed by atoms with Crippen LogP contribution in [0.5, 0.6) is 0 Å². The van der Waals surface area contributed by atoms with E-state index in [1.165, 1.54) is 9.80 Å². The number of para-hydroxylation sites is 1. The van der Waals surface area contributed by atoms with Gasteiger partial charge < -0.3 is 5.32 Å². The van der Waals surface area contributed by atoms with E-state index in [1.807, 2.05) is 45.0 Å². The molecule has 0 saturated carbocycles. The highest BCUT2D eigenvalue weighted by Gasteiger charge is 2.43. The first-order valence-electron chi connectivity index (χ1n) is 9.85. The van der Waals surface area contributed by atoms with Crippen LogP contribution in [0.15, 0.2) is 53.4 Å². The van der Waals surface area contributed by atoms with Gasteiger partial charge in [0, 0.05) is 17.3 Å². The summed E-state index contributed by atoms with van der Waals surface area (Å²) in [5.74, 6) is -0.955. The third kappa shape index (κ3) is 3.88. The van der Waals surface area contributed by atoms with Gasteiger partial charge in [-0.15, -0.1) is 0 Å². The van der Waals surface area contributed by atoms with Crippen LogP contribution in [0.4, 0.5) is 11.4 Å². The zero-order valence-corrected chi connectivity index (χ0v) is 19.0. The third-order valence-corrected chi connectivity index (χ3v) is 6.47. The molecule has 6 nitrogen and oxygen atoms in total. The van der Waals surface area contributed by atoms with Gasteiger partial charge in [-0.1, -0.05) is 54.3 Å². The van der Waals surface area contributed by atoms with Gasteiger partial charge in [-0.2, -0.15) is 0 Å². The van der Waals surface area contributed by atoms with Crippen molar-refractivity contribution in [2.24, 2.45) is 0 Å². The molecule has 3 amide bonds. The SMILES string of the molecule is Cc1cccc(NC(=O)CN2C(=O)C(=C3SC(=S)N(C(C)C)C3=O)c3ccccc32)c1. The van der Waals surface area contributed by atoms with E-state index in [1.54, 1.807) is 24.3 Å². The molecule has 0 aliphatic carbocycles.